The van der Waals surface area contributed by atoms with Gasteiger partial charge in [-0.25, -0.2) is 8.42 Å². The predicted octanol–water partition coefficient (Wildman–Crippen LogP) is 3.82. The average molecular weight is 252 g/mol. The second-order valence-electron chi connectivity index (χ2n) is 4.00. The summed E-state index contributed by atoms with van der Waals surface area (Å²) in [6.45, 7) is 2.22. The van der Waals surface area contributed by atoms with Crippen LogP contribution in [0.25, 0.3) is 0 Å². The Morgan fingerprint density at radius 1 is 0.867 bits per heavy atom. The number of hydrogen-bond acceptors (Lipinski definition) is 3. The van der Waals surface area contributed by atoms with Gasteiger partial charge in [-0.15, -0.1) is 0 Å². The Morgan fingerprint density at radius 3 is 1.80 bits per heavy atom. The van der Waals surface area contributed by atoms with Gasteiger partial charge in [0.2, 0.25) is 0 Å². The highest BCUT2D eigenvalue weighted by atomic mass is 33.1. The molecular weight excluding hydrogens is 228 g/mol. The van der Waals surface area contributed by atoms with Crippen LogP contribution in [0.3, 0.4) is 0 Å². The Labute approximate surface area is 98.5 Å². The van der Waals surface area contributed by atoms with Crippen LogP contribution in [-0.4, -0.2) is 20.4 Å². The van der Waals surface area contributed by atoms with Gasteiger partial charge < -0.3 is 0 Å². The standard InChI is InChI=1S/C11H24O2S2/c1-3-4-5-6-7-8-9-10-11-14-15(2,12)13/h3-11H2,1-2H3. The van der Waals surface area contributed by atoms with Crippen LogP contribution in [0.1, 0.15) is 58.3 Å². The number of unbranched alkanes of at least 4 members (excludes halogenated alkanes) is 7. The summed E-state index contributed by atoms with van der Waals surface area (Å²) in [7, 11) is -1.73. The van der Waals surface area contributed by atoms with E-state index in [1.54, 1.807) is 0 Å². The van der Waals surface area contributed by atoms with Crippen LogP contribution < -0.4 is 0 Å². The second kappa shape index (κ2) is 9.52. The van der Waals surface area contributed by atoms with Crippen LogP contribution in [0.2, 0.25) is 0 Å². The van der Waals surface area contributed by atoms with Gasteiger partial charge in [0.25, 0.3) is 0 Å². The molecule has 15 heavy (non-hydrogen) atoms. The highest BCUT2D eigenvalue weighted by Gasteiger charge is 2.01. The zero-order valence-corrected chi connectivity index (χ0v) is 11.6. The Hall–Kier alpha value is 0.300. The first-order valence-electron chi connectivity index (χ1n) is 5.90. The summed E-state index contributed by atoms with van der Waals surface area (Å²) in [6.07, 6.45) is 11.4. The molecule has 2 nitrogen and oxygen atoms in total. The largest absolute Gasteiger partial charge is 0.218 e. The van der Waals surface area contributed by atoms with E-state index in [0.29, 0.717) is 0 Å². The minimum absolute atomic E-state index is 0.758. The molecule has 0 saturated carbocycles. The summed E-state index contributed by atoms with van der Waals surface area (Å²) >= 11 is 0. The third-order valence-corrected chi connectivity index (χ3v) is 4.96. The van der Waals surface area contributed by atoms with Gasteiger partial charge in [0.1, 0.15) is 0 Å². The Balaban J connectivity index is 3.06. The maximum Gasteiger partial charge on any atom is 0.198 e. The third kappa shape index (κ3) is 14.3. The minimum Gasteiger partial charge on any atom is -0.218 e. The van der Waals surface area contributed by atoms with Crippen molar-refractivity contribution in [2.24, 2.45) is 0 Å². The summed E-state index contributed by atoms with van der Waals surface area (Å²) in [6, 6.07) is 0. The molecule has 0 amide bonds. The van der Waals surface area contributed by atoms with Crippen molar-refractivity contribution in [3.63, 3.8) is 0 Å². The van der Waals surface area contributed by atoms with Crippen molar-refractivity contribution < 1.29 is 8.42 Å². The fourth-order valence-corrected chi connectivity index (χ4v) is 3.33. The van der Waals surface area contributed by atoms with Crippen molar-refractivity contribution in [1.29, 1.82) is 0 Å². The molecule has 0 saturated heterocycles. The average Bonchev–Trinajstić information content (AvgIpc) is 2.14. The maximum absolute atomic E-state index is 10.8. The smallest absolute Gasteiger partial charge is 0.198 e. The lowest BCUT2D eigenvalue weighted by atomic mass is 10.1. The molecule has 0 unspecified atom stereocenters. The van der Waals surface area contributed by atoms with Crippen LogP contribution in [0.4, 0.5) is 0 Å². The number of hydrogen-bond donors (Lipinski definition) is 0. The lowest BCUT2D eigenvalue weighted by Gasteiger charge is -2.01. The molecule has 0 rings (SSSR count). The minimum atomic E-state index is -2.81. The van der Waals surface area contributed by atoms with E-state index in [4.69, 9.17) is 0 Å². The molecule has 4 heteroatoms. The molecular formula is C11H24O2S2. The summed E-state index contributed by atoms with van der Waals surface area (Å²) in [5, 5.41) is 0. The van der Waals surface area contributed by atoms with E-state index in [-0.39, 0.29) is 0 Å². The summed E-state index contributed by atoms with van der Waals surface area (Å²) in [4.78, 5) is 0. The van der Waals surface area contributed by atoms with Gasteiger partial charge in [0, 0.05) is 12.0 Å². The van der Waals surface area contributed by atoms with Crippen molar-refractivity contribution in [3.05, 3.63) is 0 Å². The van der Waals surface area contributed by atoms with Crippen LogP contribution in [-0.2, 0) is 8.87 Å². The van der Waals surface area contributed by atoms with Gasteiger partial charge in [0.15, 0.2) is 8.87 Å². The van der Waals surface area contributed by atoms with E-state index in [1.807, 2.05) is 0 Å². The molecule has 0 radical (unpaired) electrons. The van der Waals surface area contributed by atoms with E-state index in [1.165, 1.54) is 51.2 Å². The zero-order valence-electron chi connectivity index (χ0n) is 10.00. The Bertz CT molecular complexity index is 223. The molecule has 92 valence electrons. The first-order valence-corrected chi connectivity index (χ1v) is 9.30. The number of rotatable bonds is 10. The maximum atomic E-state index is 10.8. The Morgan fingerprint density at radius 2 is 1.33 bits per heavy atom. The third-order valence-electron chi connectivity index (χ3n) is 2.30. The molecule has 0 atom stereocenters. The molecule has 0 aliphatic heterocycles. The van der Waals surface area contributed by atoms with Crippen molar-refractivity contribution >= 4 is 19.7 Å². The van der Waals surface area contributed by atoms with Crippen LogP contribution in [0.15, 0.2) is 0 Å². The van der Waals surface area contributed by atoms with E-state index >= 15 is 0 Å². The first-order chi connectivity index (χ1) is 7.06. The fourth-order valence-electron chi connectivity index (χ4n) is 1.45. The van der Waals surface area contributed by atoms with Crippen LogP contribution in [0.5, 0.6) is 0 Å². The van der Waals surface area contributed by atoms with E-state index in [2.05, 4.69) is 6.92 Å². The van der Waals surface area contributed by atoms with Gasteiger partial charge in [0.05, 0.1) is 0 Å². The van der Waals surface area contributed by atoms with Gasteiger partial charge >= 0.3 is 0 Å². The Kier molecular flexibility index (Phi) is 9.71. The lowest BCUT2D eigenvalue weighted by molar-refractivity contribution is 0.586. The van der Waals surface area contributed by atoms with Crippen molar-refractivity contribution in [3.8, 4) is 0 Å². The molecule has 0 spiro atoms. The quantitative estimate of drug-likeness (QED) is 0.438. The molecule has 0 aromatic heterocycles. The highest BCUT2D eigenvalue weighted by Crippen LogP contribution is 2.14. The SMILES string of the molecule is CCCCCCCCCCSS(C)(=O)=O. The molecule has 0 bridgehead atoms. The van der Waals surface area contributed by atoms with Crippen LogP contribution >= 0.6 is 10.8 Å². The summed E-state index contributed by atoms with van der Waals surface area (Å²) in [5.41, 5.74) is 0. The van der Waals surface area contributed by atoms with Crippen molar-refractivity contribution in [2.45, 2.75) is 58.3 Å². The van der Waals surface area contributed by atoms with E-state index < -0.39 is 8.87 Å². The summed E-state index contributed by atoms with van der Waals surface area (Å²) in [5.74, 6) is 0.758. The lowest BCUT2D eigenvalue weighted by Crippen LogP contribution is -1.91. The van der Waals surface area contributed by atoms with Gasteiger partial charge in [-0.1, -0.05) is 51.9 Å². The molecule has 0 fully saturated rings. The molecule has 0 aliphatic carbocycles. The first kappa shape index (κ1) is 15.3. The van der Waals surface area contributed by atoms with Crippen molar-refractivity contribution in [1.82, 2.24) is 0 Å². The fraction of sp³-hybridized carbons (Fsp3) is 1.00. The monoisotopic (exact) mass is 252 g/mol. The van der Waals surface area contributed by atoms with E-state index in [0.717, 1.165) is 23.0 Å². The molecule has 0 heterocycles. The van der Waals surface area contributed by atoms with Gasteiger partial charge in [-0.2, -0.15) is 0 Å². The van der Waals surface area contributed by atoms with Crippen LogP contribution in [0, 0.1) is 0 Å². The normalized spacial score (nSPS) is 11.9. The highest BCUT2D eigenvalue weighted by molar-refractivity contribution is 8.71. The molecule has 0 aromatic carbocycles. The molecule has 0 aromatic rings. The summed E-state index contributed by atoms with van der Waals surface area (Å²) < 4.78 is 21.6. The topological polar surface area (TPSA) is 34.1 Å². The second-order valence-corrected chi connectivity index (χ2v) is 8.58. The van der Waals surface area contributed by atoms with Crippen molar-refractivity contribution in [2.75, 3.05) is 12.0 Å². The van der Waals surface area contributed by atoms with Gasteiger partial charge in [-0.3, -0.25) is 0 Å². The van der Waals surface area contributed by atoms with Gasteiger partial charge in [-0.05, 0) is 17.2 Å². The molecule has 0 aliphatic rings. The molecule has 0 N–H and O–H groups in total. The van der Waals surface area contributed by atoms with E-state index in [9.17, 15) is 8.42 Å². The predicted molar refractivity (Wildman–Crippen MR) is 69.9 cm³/mol. The zero-order chi connectivity index (χ0) is 11.6.